The minimum atomic E-state index is -0.970. The summed E-state index contributed by atoms with van der Waals surface area (Å²) in [6, 6.07) is 0. The molecule has 2 aromatic heterocycles. The van der Waals surface area contributed by atoms with E-state index in [0.29, 0.717) is 22.8 Å². The van der Waals surface area contributed by atoms with Crippen molar-refractivity contribution in [2.75, 3.05) is 0 Å². The smallest absolute Gasteiger partial charge is 0.348 e. The van der Waals surface area contributed by atoms with E-state index in [1.54, 1.807) is 20.8 Å². The van der Waals surface area contributed by atoms with Crippen LogP contribution in [0.2, 0.25) is 0 Å². The Kier molecular flexibility index (Phi) is 3.59. The Labute approximate surface area is 113 Å². The maximum Gasteiger partial charge on any atom is 0.348 e. The van der Waals surface area contributed by atoms with Gasteiger partial charge >= 0.3 is 11.7 Å². The highest BCUT2D eigenvalue weighted by atomic mass is 16.4. The van der Waals surface area contributed by atoms with Crippen LogP contribution >= 0.6 is 0 Å². The van der Waals surface area contributed by atoms with Gasteiger partial charge < -0.3 is 5.11 Å². The third kappa shape index (κ3) is 2.42. The molecule has 9 nitrogen and oxygen atoms in total. The molecule has 2 aromatic rings. The van der Waals surface area contributed by atoms with Crippen LogP contribution in [0, 0.1) is 13.8 Å². The first kappa shape index (κ1) is 13.8. The lowest BCUT2D eigenvalue weighted by Crippen LogP contribution is -2.30. The number of carboxylic acids is 1. The second-order valence-corrected chi connectivity index (χ2v) is 4.45. The van der Waals surface area contributed by atoms with Crippen LogP contribution in [0.15, 0.2) is 4.79 Å². The molecule has 0 amide bonds. The number of aliphatic carboxylic acids is 1. The van der Waals surface area contributed by atoms with Gasteiger partial charge in [0.25, 0.3) is 0 Å². The van der Waals surface area contributed by atoms with Crippen molar-refractivity contribution in [3.63, 3.8) is 0 Å². The number of nitrogens with one attached hydrogen (secondary N) is 1. The Hall–Kier alpha value is -2.58. The average Bonchev–Trinajstić information content (AvgIpc) is 2.86. The summed E-state index contributed by atoms with van der Waals surface area (Å²) in [6.07, 6.45) is 0. The van der Waals surface area contributed by atoms with Crippen LogP contribution in [0.4, 0.5) is 0 Å². The van der Waals surface area contributed by atoms with E-state index in [2.05, 4.69) is 25.6 Å². The number of rotatable bonds is 4. The Morgan fingerprint density at radius 3 is 2.70 bits per heavy atom. The summed E-state index contributed by atoms with van der Waals surface area (Å²) in [5, 5.41) is 22.4. The summed E-state index contributed by atoms with van der Waals surface area (Å²) in [4.78, 5) is 27.0. The van der Waals surface area contributed by atoms with Gasteiger partial charge in [-0.3, -0.25) is 9.36 Å². The summed E-state index contributed by atoms with van der Waals surface area (Å²) >= 11 is 0. The van der Waals surface area contributed by atoms with Crippen LogP contribution in [-0.2, 0) is 11.3 Å². The molecule has 0 saturated carbocycles. The van der Waals surface area contributed by atoms with E-state index in [9.17, 15) is 9.59 Å². The van der Waals surface area contributed by atoms with Crippen LogP contribution < -0.4 is 5.69 Å². The molecule has 0 aromatic carbocycles. The molecule has 1 atom stereocenters. The number of hydrogen-bond acceptors (Lipinski definition) is 6. The van der Waals surface area contributed by atoms with Crippen molar-refractivity contribution >= 4 is 5.97 Å². The molecule has 2 heterocycles. The van der Waals surface area contributed by atoms with Gasteiger partial charge in [0.05, 0.1) is 12.5 Å². The number of nitrogens with zero attached hydrogens (tertiary/aromatic N) is 5. The monoisotopic (exact) mass is 278 g/mol. The van der Waals surface area contributed by atoms with Crippen molar-refractivity contribution in [2.24, 2.45) is 0 Å². The van der Waals surface area contributed by atoms with Gasteiger partial charge in [-0.1, -0.05) is 5.21 Å². The Morgan fingerprint density at radius 2 is 2.15 bits per heavy atom. The fraction of sp³-hybridized carbons (Fsp3) is 0.455. The summed E-state index contributed by atoms with van der Waals surface area (Å²) in [7, 11) is 0. The zero-order chi connectivity index (χ0) is 14.9. The van der Waals surface area contributed by atoms with Gasteiger partial charge in [-0.15, -0.1) is 10.2 Å². The number of aromatic nitrogens is 6. The first-order chi connectivity index (χ1) is 9.41. The molecule has 0 radical (unpaired) electrons. The lowest BCUT2D eigenvalue weighted by atomic mass is 9.98. The normalized spacial score (nSPS) is 12.3. The lowest BCUT2D eigenvalue weighted by Gasteiger charge is -2.17. The SMILES string of the molecule is Cc1nc(=O)n(Cc2nn[nH]n2)c(C)c1C(C)C(=O)O. The minimum Gasteiger partial charge on any atom is -0.481 e. The maximum atomic E-state index is 12.0. The highest BCUT2D eigenvalue weighted by Crippen LogP contribution is 2.21. The second kappa shape index (κ2) is 5.19. The molecule has 2 rings (SSSR count). The molecule has 0 saturated heterocycles. The third-order valence-corrected chi connectivity index (χ3v) is 3.17. The predicted molar refractivity (Wildman–Crippen MR) is 67.3 cm³/mol. The van der Waals surface area contributed by atoms with Gasteiger partial charge in [-0.2, -0.15) is 10.2 Å². The molecular weight excluding hydrogens is 264 g/mol. The van der Waals surface area contributed by atoms with Gasteiger partial charge in [0, 0.05) is 17.0 Å². The number of carbonyl (C=O) groups is 1. The number of carboxylic acid groups (broad SMARTS) is 1. The van der Waals surface area contributed by atoms with Crippen LogP contribution in [0.25, 0.3) is 0 Å². The van der Waals surface area contributed by atoms with Crippen molar-refractivity contribution in [3.8, 4) is 0 Å². The van der Waals surface area contributed by atoms with E-state index in [1.807, 2.05) is 0 Å². The van der Waals surface area contributed by atoms with Crippen molar-refractivity contribution < 1.29 is 9.90 Å². The molecule has 0 spiro atoms. The highest BCUT2D eigenvalue weighted by molar-refractivity contribution is 5.76. The minimum absolute atomic E-state index is 0.0911. The molecule has 20 heavy (non-hydrogen) atoms. The molecule has 0 aliphatic heterocycles. The van der Waals surface area contributed by atoms with Crippen LogP contribution in [0.3, 0.4) is 0 Å². The van der Waals surface area contributed by atoms with Crippen molar-refractivity contribution in [2.45, 2.75) is 33.2 Å². The number of hydrogen-bond donors (Lipinski definition) is 2. The van der Waals surface area contributed by atoms with E-state index >= 15 is 0 Å². The van der Waals surface area contributed by atoms with Gasteiger partial charge in [-0.25, -0.2) is 4.79 Å². The maximum absolute atomic E-state index is 12.0. The molecule has 0 aliphatic carbocycles. The van der Waals surface area contributed by atoms with Crippen molar-refractivity contribution in [1.29, 1.82) is 0 Å². The molecule has 0 bridgehead atoms. The second-order valence-electron chi connectivity index (χ2n) is 4.45. The Balaban J connectivity index is 2.55. The molecule has 1 unspecified atom stereocenters. The Morgan fingerprint density at radius 1 is 1.45 bits per heavy atom. The Bertz CT molecular complexity index is 691. The molecular formula is C11H14N6O3. The van der Waals surface area contributed by atoms with Crippen LogP contribution in [0.5, 0.6) is 0 Å². The van der Waals surface area contributed by atoms with Gasteiger partial charge in [0.1, 0.15) is 0 Å². The molecule has 106 valence electrons. The molecule has 0 fully saturated rings. The number of aryl methyl sites for hydroxylation is 1. The van der Waals surface area contributed by atoms with E-state index in [-0.39, 0.29) is 6.54 Å². The van der Waals surface area contributed by atoms with Gasteiger partial charge in [0.15, 0.2) is 5.82 Å². The largest absolute Gasteiger partial charge is 0.481 e. The summed E-state index contributed by atoms with van der Waals surface area (Å²) in [6.45, 7) is 4.96. The molecule has 2 N–H and O–H groups in total. The average molecular weight is 278 g/mol. The molecule has 9 heteroatoms. The van der Waals surface area contributed by atoms with Gasteiger partial charge in [-0.05, 0) is 20.8 Å². The third-order valence-electron chi connectivity index (χ3n) is 3.17. The molecule has 0 aliphatic rings. The number of H-pyrrole nitrogens is 1. The standard InChI is InChI=1S/C11H14N6O3/c1-5(10(18)19)9-6(2)12-11(20)17(7(9)3)4-8-13-15-16-14-8/h5H,4H2,1-3H3,(H,18,19)(H,13,14,15,16). The van der Waals surface area contributed by atoms with E-state index in [4.69, 9.17) is 5.11 Å². The van der Waals surface area contributed by atoms with Crippen molar-refractivity contribution in [1.82, 2.24) is 30.2 Å². The highest BCUT2D eigenvalue weighted by Gasteiger charge is 2.22. The summed E-state index contributed by atoms with van der Waals surface area (Å²) in [5.41, 5.74) is 1.03. The van der Waals surface area contributed by atoms with E-state index in [1.165, 1.54) is 4.57 Å². The van der Waals surface area contributed by atoms with E-state index < -0.39 is 17.6 Å². The summed E-state index contributed by atoms with van der Waals surface area (Å²) in [5.74, 6) is -1.39. The zero-order valence-corrected chi connectivity index (χ0v) is 11.3. The van der Waals surface area contributed by atoms with Crippen LogP contribution in [0.1, 0.15) is 35.6 Å². The number of aromatic amines is 1. The predicted octanol–water partition coefficient (Wildman–Crippen LogP) is -0.390. The quantitative estimate of drug-likeness (QED) is 0.779. The fourth-order valence-electron chi connectivity index (χ4n) is 2.14. The zero-order valence-electron chi connectivity index (χ0n) is 11.3. The fourth-order valence-corrected chi connectivity index (χ4v) is 2.14. The summed E-state index contributed by atoms with van der Waals surface area (Å²) < 4.78 is 1.34. The van der Waals surface area contributed by atoms with E-state index in [0.717, 1.165) is 0 Å². The van der Waals surface area contributed by atoms with Crippen LogP contribution in [-0.4, -0.2) is 41.3 Å². The first-order valence-corrected chi connectivity index (χ1v) is 5.95. The number of tetrazole rings is 1. The van der Waals surface area contributed by atoms with Gasteiger partial charge in [0.2, 0.25) is 0 Å². The topological polar surface area (TPSA) is 127 Å². The first-order valence-electron chi connectivity index (χ1n) is 5.95. The lowest BCUT2D eigenvalue weighted by molar-refractivity contribution is -0.138. The van der Waals surface area contributed by atoms with Crippen molar-refractivity contribution in [3.05, 3.63) is 33.3 Å².